The second-order valence-corrected chi connectivity index (χ2v) is 3.15. The third-order valence-electron chi connectivity index (χ3n) is 0. The van der Waals surface area contributed by atoms with Gasteiger partial charge in [-0.1, -0.05) is 0 Å². The molecule has 7 heteroatoms. The maximum Gasteiger partial charge on any atom is 1.00 e. The van der Waals surface area contributed by atoms with E-state index in [1.54, 1.807) is 0 Å². The average molecular weight is 189 g/mol. The van der Waals surface area contributed by atoms with E-state index in [4.69, 9.17) is 0 Å². The summed E-state index contributed by atoms with van der Waals surface area (Å²) in [5.41, 5.74) is 4.17. The van der Waals surface area contributed by atoms with Crippen LogP contribution in [0.1, 0.15) is 0 Å². The van der Waals surface area contributed by atoms with Crippen LogP contribution >= 0.6 is 6.64 Å². The van der Waals surface area contributed by atoms with Crippen molar-refractivity contribution < 1.29 is 113 Å². The molecule has 0 atom stereocenters. The van der Waals surface area contributed by atoms with E-state index >= 15 is 0 Å². The van der Waals surface area contributed by atoms with E-state index in [-0.39, 0.29) is 103 Å². The molecule has 32 valence electrons. The Balaban J connectivity index is -0.0000000800. The van der Waals surface area contributed by atoms with Crippen molar-refractivity contribution in [1.29, 1.82) is 0 Å². The summed E-state index contributed by atoms with van der Waals surface area (Å²) >= 11 is 3.60. The predicted molar refractivity (Wildman–Crippen MR) is 18.5 cm³/mol. The van der Waals surface area contributed by atoms with Crippen LogP contribution in [0.4, 0.5) is 0 Å². The predicted octanol–water partition coefficient (Wildman–Crippen LogP) is -8.10. The van der Waals surface area contributed by atoms with Crippen LogP contribution in [-0.2, 0) is 11.8 Å². The zero-order valence-electron chi connectivity index (χ0n) is 4.25. The van der Waals surface area contributed by atoms with Crippen LogP contribution < -0.4 is 118 Å². The van der Waals surface area contributed by atoms with Crippen LogP contribution in [0.25, 0.3) is 0 Å². The van der Waals surface area contributed by atoms with Gasteiger partial charge in [-0.05, 0) is 0 Å². The molecule has 0 amide bonds. The Morgan fingerprint density at radius 3 is 1.29 bits per heavy atom. The van der Waals surface area contributed by atoms with Crippen LogP contribution in [0.2, 0.25) is 0 Å². The first-order valence-corrected chi connectivity index (χ1v) is 3.51. The summed E-state index contributed by atoms with van der Waals surface area (Å²) in [4.78, 5) is 18.5. The number of hydrogen-bond donors (Lipinski definition) is 1. The zero-order valence-corrected chi connectivity index (χ0v) is 12.2. The molecule has 2 N–H and O–H groups in total. The summed E-state index contributed by atoms with van der Waals surface area (Å²) in [6, 6.07) is 0. The second kappa shape index (κ2) is 7.90. The van der Waals surface area contributed by atoms with Crippen molar-refractivity contribution in [3.05, 3.63) is 0 Å². The van der Waals surface area contributed by atoms with Crippen molar-refractivity contribution in [3.63, 3.8) is 0 Å². The molecular formula is H2K2NO2PS. The van der Waals surface area contributed by atoms with Gasteiger partial charge in [-0.15, -0.1) is 11.8 Å². The van der Waals surface area contributed by atoms with Crippen LogP contribution in [0.3, 0.4) is 0 Å². The molecule has 0 radical (unpaired) electrons. The Hall–Kier alpha value is 3.80. The molecule has 3 nitrogen and oxygen atoms in total. The van der Waals surface area contributed by atoms with Gasteiger partial charge < -0.3 is 15.3 Å². The van der Waals surface area contributed by atoms with E-state index in [9.17, 15) is 9.79 Å². The molecule has 7 heavy (non-hydrogen) atoms. The Kier molecular flexibility index (Phi) is 19.3. The third kappa shape index (κ3) is 41.3. The zero-order chi connectivity index (χ0) is 4.50. The van der Waals surface area contributed by atoms with Crippen LogP contribution in [0, 0.1) is 0 Å². The minimum Gasteiger partial charge on any atom is -0.822 e. The van der Waals surface area contributed by atoms with E-state index in [0.717, 1.165) is 0 Å². The fourth-order valence-corrected chi connectivity index (χ4v) is 0. The number of hydrogen-bond acceptors (Lipinski definition) is 3. The molecular weight excluding hydrogens is 187 g/mol. The van der Waals surface area contributed by atoms with Gasteiger partial charge in [-0.25, -0.2) is 0 Å². The van der Waals surface area contributed by atoms with Crippen molar-refractivity contribution in [2.75, 3.05) is 0 Å². The summed E-state index contributed by atoms with van der Waals surface area (Å²) in [5, 5.41) is 0. The molecule has 0 saturated carbocycles. The first-order chi connectivity index (χ1) is 2.00. The minimum atomic E-state index is -3.81. The van der Waals surface area contributed by atoms with E-state index < -0.39 is 6.64 Å². The second-order valence-electron chi connectivity index (χ2n) is 0.540. The normalized spacial score (nSPS) is 8.43. The molecule has 0 aromatic carbocycles. The molecule has 0 aliphatic rings. The largest absolute Gasteiger partial charge is 1.00 e. The Labute approximate surface area is 132 Å². The molecule has 0 saturated heterocycles. The Morgan fingerprint density at radius 2 is 1.29 bits per heavy atom. The molecule has 0 aliphatic heterocycles. The van der Waals surface area contributed by atoms with Gasteiger partial charge in [0.1, 0.15) is 0 Å². The fraction of sp³-hybridized carbons (Fsp3) is 0. The van der Waals surface area contributed by atoms with Gasteiger partial charge in [0.15, 0.2) is 0 Å². The molecule has 0 unspecified atom stereocenters. The van der Waals surface area contributed by atoms with Crippen molar-refractivity contribution in [2.24, 2.45) is 5.50 Å². The molecule has 0 rings (SSSR count). The number of nitrogens with two attached hydrogens (primary N) is 1. The molecule has 0 aliphatic carbocycles. The van der Waals surface area contributed by atoms with E-state index in [2.05, 4.69) is 17.3 Å². The first kappa shape index (κ1) is 17.1. The van der Waals surface area contributed by atoms with Gasteiger partial charge in [0.05, 0.1) is 0 Å². The SMILES string of the molecule is NP([O-])([O-])=S.[K+].[K+]. The smallest absolute Gasteiger partial charge is 0.822 e. The van der Waals surface area contributed by atoms with Crippen molar-refractivity contribution in [2.45, 2.75) is 0 Å². The topological polar surface area (TPSA) is 72.1 Å². The molecule has 0 aromatic heterocycles. The van der Waals surface area contributed by atoms with Gasteiger partial charge in [0.2, 0.25) is 0 Å². The summed E-state index contributed by atoms with van der Waals surface area (Å²) < 4.78 is 0. The maximum absolute atomic E-state index is 9.25. The van der Waals surface area contributed by atoms with Crippen molar-refractivity contribution in [3.8, 4) is 0 Å². The summed E-state index contributed by atoms with van der Waals surface area (Å²) in [5.74, 6) is 0. The van der Waals surface area contributed by atoms with Gasteiger partial charge >= 0.3 is 103 Å². The average Bonchev–Trinajstić information content (AvgIpc) is 0.722. The molecule has 0 bridgehead atoms. The van der Waals surface area contributed by atoms with Crippen LogP contribution in [-0.4, -0.2) is 0 Å². The third-order valence-corrected chi connectivity index (χ3v) is 0. The molecule has 0 fully saturated rings. The Morgan fingerprint density at radius 1 is 1.29 bits per heavy atom. The van der Waals surface area contributed by atoms with Gasteiger partial charge in [0.25, 0.3) is 0 Å². The van der Waals surface area contributed by atoms with E-state index in [0.29, 0.717) is 0 Å². The fourth-order valence-electron chi connectivity index (χ4n) is 0. The molecule has 0 heterocycles. The van der Waals surface area contributed by atoms with Gasteiger partial charge in [0, 0.05) is 0 Å². The summed E-state index contributed by atoms with van der Waals surface area (Å²) in [6.45, 7) is -3.81. The van der Waals surface area contributed by atoms with Gasteiger partial charge in [-0.2, -0.15) is 6.64 Å². The van der Waals surface area contributed by atoms with Crippen LogP contribution in [0.15, 0.2) is 0 Å². The first-order valence-electron chi connectivity index (χ1n) is 0.806. The van der Waals surface area contributed by atoms with Crippen LogP contribution in [0.5, 0.6) is 0 Å². The Bertz CT molecular complexity index is 61.8. The van der Waals surface area contributed by atoms with Crippen molar-refractivity contribution in [1.82, 2.24) is 0 Å². The van der Waals surface area contributed by atoms with Crippen molar-refractivity contribution >= 4 is 18.4 Å². The molecule has 0 aromatic rings. The summed E-state index contributed by atoms with van der Waals surface area (Å²) in [7, 11) is 0. The maximum atomic E-state index is 9.25. The quantitative estimate of drug-likeness (QED) is 0.303. The molecule has 0 spiro atoms. The standard InChI is InChI=1S/2K.H4NO2PS/c;;1-4(2,3)5/h;;(H4,1,2,3,5)/q2*+1;/p-2. The number of rotatable bonds is 0. The summed E-state index contributed by atoms with van der Waals surface area (Å²) in [6.07, 6.45) is 0. The minimum absolute atomic E-state index is 0. The monoisotopic (exact) mass is 189 g/mol. The van der Waals surface area contributed by atoms with E-state index in [1.807, 2.05) is 0 Å². The van der Waals surface area contributed by atoms with Gasteiger partial charge in [-0.3, -0.25) is 0 Å². The van der Waals surface area contributed by atoms with E-state index in [1.165, 1.54) is 0 Å².